The van der Waals surface area contributed by atoms with Gasteiger partial charge in [0.05, 0.1) is 11.0 Å². The molecule has 3 heteroatoms. The van der Waals surface area contributed by atoms with Gasteiger partial charge in [-0.15, -0.1) is 0 Å². The van der Waals surface area contributed by atoms with Crippen LogP contribution < -0.4 is 5.73 Å². The monoisotopic (exact) mass is 257 g/mol. The van der Waals surface area contributed by atoms with Crippen molar-refractivity contribution in [3.8, 4) is 0 Å². The average molecular weight is 257 g/mol. The molecule has 1 aromatic heterocycles. The molecule has 0 atom stereocenters. The van der Waals surface area contributed by atoms with Gasteiger partial charge in [0.15, 0.2) is 0 Å². The first-order valence-electron chi connectivity index (χ1n) is 7.43. The first-order valence-corrected chi connectivity index (χ1v) is 7.43. The van der Waals surface area contributed by atoms with E-state index in [1.807, 2.05) is 0 Å². The number of nitrogen functional groups attached to an aromatic ring is 1. The molecule has 0 spiro atoms. The summed E-state index contributed by atoms with van der Waals surface area (Å²) in [6.07, 6.45) is 6.44. The summed E-state index contributed by atoms with van der Waals surface area (Å²) in [4.78, 5) is 4.53. The summed E-state index contributed by atoms with van der Waals surface area (Å²) in [7, 11) is 0. The van der Waals surface area contributed by atoms with Crippen LogP contribution in [0.5, 0.6) is 0 Å². The van der Waals surface area contributed by atoms with Gasteiger partial charge in [-0.2, -0.15) is 0 Å². The van der Waals surface area contributed by atoms with Crippen molar-refractivity contribution in [1.82, 2.24) is 9.55 Å². The highest BCUT2D eigenvalue weighted by atomic mass is 15.2. The van der Waals surface area contributed by atoms with Crippen LogP contribution in [0.1, 0.15) is 50.6 Å². The lowest BCUT2D eigenvalue weighted by Gasteiger charge is -2.29. The predicted octanol–water partition coefficient (Wildman–Crippen LogP) is 4.07. The van der Waals surface area contributed by atoms with Crippen LogP contribution in [-0.4, -0.2) is 9.55 Å². The maximum atomic E-state index is 6.17. The quantitative estimate of drug-likeness (QED) is 0.881. The molecule has 1 aromatic carbocycles. The fraction of sp³-hybridized carbons (Fsp3) is 0.562. The van der Waals surface area contributed by atoms with E-state index < -0.39 is 0 Å². The molecule has 1 aliphatic rings. The Kier molecular flexibility index (Phi) is 3.21. The standard InChI is InChI=1S/C16H23N3/c1-3-12-7-9-13(10-8-12)19-15-11(2)5-4-6-14(15)18-16(19)17/h4-6,12-13H,3,7-10H2,1-2H3,(H2,17,18). The summed E-state index contributed by atoms with van der Waals surface area (Å²) < 4.78 is 2.29. The van der Waals surface area contributed by atoms with Crippen molar-refractivity contribution < 1.29 is 0 Å². The van der Waals surface area contributed by atoms with Crippen LogP contribution in [0.2, 0.25) is 0 Å². The molecule has 2 N–H and O–H groups in total. The minimum absolute atomic E-state index is 0.536. The fourth-order valence-corrected chi connectivity index (χ4v) is 3.52. The zero-order chi connectivity index (χ0) is 13.4. The summed E-state index contributed by atoms with van der Waals surface area (Å²) in [5, 5.41) is 0. The zero-order valence-electron chi connectivity index (χ0n) is 11.9. The van der Waals surface area contributed by atoms with Gasteiger partial charge in [-0.1, -0.05) is 25.5 Å². The average Bonchev–Trinajstić information content (AvgIpc) is 2.76. The lowest BCUT2D eigenvalue weighted by atomic mass is 9.84. The van der Waals surface area contributed by atoms with Crippen molar-refractivity contribution in [2.45, 2.75) is 52.0 Å². The molecule has 1 aliphatic carbocycles. The highest BCUT2D eigenvalue weighted by Gasteiger charge is 2.24. The second-order valence-electron chi connectivity index (χ2n) is 5.87. The second kappa shape index (κ2) is 4.87. The van der Waals surface area contributed by atoms with E-state index in [1.54, 1.807) is 0 Å². The van der Waals surface area contributed by atoms with E-state index in [-0.39, 0.29) is 0 Å². The summed E-state index contributed by atoms with van der Waals surface area (Å²) in [6, 6.07) is 6.81. The zero-order valence-corrected chi connectivity index (χ0v) is 11.9. The number of nitrogens with zero attached hydrogens (tertiary/aromatic N) is 2. The number of aryl methyl sites for hydroxylation is 1. The smallest absolute Gasteiger partial charge is 0.201 e. The molecular formula is C16H23N3. The number of aromatic nitrogens is 2. The third-order valence-corrected chi connectivity index (χ3v) is 4.70. The third kappa shape index (κ3) is 2.11. The number of hydrogen-bond donors (Lipinski definition) is 1. The maximum absolute atomic E-state index is 6.17. The molecule has 0 bridgehead atoms. The van der Waals surface area contributed by atoms with Crippen LogP contribution in [0.4, 0.5) is 5.95 Å². The Balaban J connectivity index is 1.99. The summed E-state index contributed by atoms with van der Waals surface area (Å²) in [5.74, 6) is 1.60. The lowest BCUT2D eigenvalue weighted by molar-refractivity contribution is 0.275. The van der Waals surface area contributed by atoms with Gasteiger partial charge in [0.25, 0.3) is 0 Å². The third-order valence-electron chi connectivity index (χ3n) is 4.70. The Bertz CT molecular complexity index is 577. The first kappa shape index (κ1) is 12.5. The Labute approximate surface area is 114 Å². The van der Waals surface area contributed by atoms with Crippen molar-refractivity contribution in [3.05, 3.63) is 23.8 Å². The van der Waals surface area contributed by atoms with Gasteiger partial charge < -0.3 is 10.3 Å². The van der Waals surface area contributed by atoms with E-state index in [0.29, 0.717) is 12.0 Å². The largest absolute Gasteiger partial charge is 0.369 e. The van der Waals surface area contributed by atoms with Gasteiger partial charge in [-0.25, -0.2) is 4.98 Å². The van der Waals surface area contributed by atoms with Gasteiger partial charge in [0.2, 0.25) is 5.95 Å². The van der Waals surface area contributed by atoms with E-state index in [1.165, 1.54) is 43.2 Å². The molecule has 3 nitrogen and oxygen atoms in total. The summed E-state index contributed by atoms with van der Waals surface area (Å²) in [6.45, 7) is 4.45. The molecule has 0 aliphatic heterocycles. The molecule has 1 saturated carbocycles. The normalized spacial score (nSPS) is 23.9. The summed E-state index contributed by atoms with van der Waals surface area (Å²) in [5.41, 5.74) is 9.72. The van der Waals surface area contributed by atoms with E-state index in [4.69, 9.17) is 5.73 Å². The molecule has 1 heterocycles. The number of hydrogen-bond acceptors (Lipinski definition) is 2. The Morgan fingerprint density at radius 1 is 1.26 bits per heavy atom. The van der Waals surface area contributed by atoms with Crippen LogP contribution in [0.25, 0.3) is 11.0 Å². The molecule has 0 amide bonds. The van der Waals surface area contributed by atoms with Crippen molar-refractivity contribution in [3.63, 3.8) is 0 Å². The number of fused-ring (bicyclic) bond motifs is 1. The minimum atomic E-state index is 0.536. The molecule has 2 aromatic rings. The molecule has 0 unspecified atom stereocenters. The van der Waals surface area contributed by atoms with Crippen molar-refractivity contribution in [1.29, 1.82) is 0 Å². The lowest BCUT2D eigenvalue weighted by Crippen LogP contribution is -2.19. The fourth-order valence-electron chi connectivity index (χ4n) is 3.52. The van der Waals surface area contributed by atoms with Crippen molar-refractivity contribution in [2.75, 3.05) is 5.73 Å². The van der Waals surface area contributed by atoms with E-state index in [9.17, 15) is 0 Å². The topological polar surface area (TPSA) is 43.8 Å². The van der Waals surface area contributed by atoms with Crippen LogP contribution in [-0.2, 0) is 0 Å². The Morgan fingerprint density at radius 3 is 2.68 bits per heavy atom. The van der Waals surface area contributed by atoms with Gasteiger partial charge in [0, 0.05) is 6.04 Å². The molecular weight excluding hydrogens is 234 g/mol. The molecule has 19 heavy (non-hydrogen) atoms. The van der Waals surface area contributed by atoms with Crippen molar-refractivity contribution >= 4 is 17.0 Å². The highest BCUT2D eigenvalue weighted by Crippen LogP contribution is 2.37. The highest BCUT2D eigenvalue weighted by molar-refractivity contribution is 5.81. The van der Waals surface area contributed by atoms with Crippen molar-refractivity contribution in [2.24, 2.45) is 5.92 Å². The first-order chi connectivity index (χ1) is 9.20. The number of imidazole rings is 1. The SMILES string of the molecule is CCC1CCC(n2c(N)nc3cccc(C)c32)CC1. The van der Waals surface area contributed by atoms with Crippen LogP contribution in [0, 0.1) is 12.8 Å². The molecule has 1 fully saturated rings. The number of para-hydroxylation sites is 1. The van der Waals surface area contributed by atoms with Gasteiger partial charge in [-0.05, 0) is 50.2 Å². The van der Waals surface area contributed by atoms with Crippen LogP contribution >= 0.6 is 0 Å². The van der Waals surface area contributed by atoms with Crippen LogP contribution in [0.15, 0.2) is 18.2 Å². The van der Waals surface area contributed by atoms with E-state index >= 15 is 0 Å². The molecule has 0 radical (unpaired) electrons. The predicted molar refractivity (Wildman–Crippen MR) is 80.2 cm³/mol. The number of anilines is 1. The Morgan fingerprint density at radius 2 is 2.00 bits per heavy atom. The second-order valence-corrected chi connectivity index (χ2v) is 5.87. The van der Waals surface area contributed by atoms with E-state index in [0.717, 1.165) is 11.4 Å². The van der Waals surface area contributed by atoms with E-state index in [2.05, 4.69) is 41.6 Å². The Hall–Kier alpha value is -1.51. The van der Waals surface area contributed by atoms with Gasteiger partial charge >= 0.3 is 0 Å². The number of rotatable bonds is 2. The number of nitrogens with two attached hydrogens (primary N) is 1. The van der Waals surface area contributed by atoms with Gasteiger partial charge in [-0.3, -0.25) is 0 Å². The minimum Gasteiger partial charge on any atom is -0.369 e. The van der Waals surface area contributed by atoms with Gasteiger partial charge in [0.1, 0.15) is 0 Å². The molecule has 0 saturated heterocycles. The number of benzene rings is 1. The molecule has 3 rings (SSSR count). The van der Waals surface area contributed by atoms with Crippen LogP contribution in [0.3, 0.4) is 0 Å². The summed E-state index contributed by atoms with van der Waals surface area (Å²) >= 11 is 0. The molecule has 102 valence electrons. The maximum Gasteiger partial charge on any atom is 0.201 e.